The molecule has 4 aromatic rings. The van der Waals surface area contributed by atoms with Crippen LogP contribution in [0.4, 0.5) is 5.69 Å². The molecule has 7 heteroatoms. The number of aromatic nitrogens is 1. The number of nitrogens with one attached hydrogen (secondary N) is 1. The molecule has 0 saturated heterocycles. The summed E-state index contributed by atoms with van der Waals surface area (Å²) in [7, 11) is 3.16. The number of amides is 1. The second-order valence-corrected chi connectivity index (χ2v) is 7.30. The highest BCUT2D eigenvalue weighted by Crippen LogP contribution is 2.39. The van der Waals surface area contributed by atoms with Crippen LogP contribution in [0.1, 0.15) is 10.5 Å². The molecule has 1 N–H and O–H groups in total. The minimum Gasteiger partial charge on any atom is -0.493 e. The molecule has 0 bridgehead atoms. The Hall–Kier alpha value is -3.84. The van der Waals surface area contributed by atoms with Crippen LogP contribution < -0.4 is 19.5 Å². The third kappa shape index (κ3) is 4.51. The van der Waals surface area contributed by atoms with Crippen molar-refractivity contribution in [2.45, 2.75) is 0 Å². The third-order valence-corrected chi connectivity index (χ3v) is 5.35. The molecule has 1 aromatic heterocycles. The van der Waals surface area contributed by atoms with E-state index in [0.717, 1.165) is 5.56 Å². The molecule has 1 heterocycles. The van der Waals surface area contributed by atoms with E-state index in [4.69, 9.17) is 14.2 Å². The second kappa shape index (κ2) is 9.32. The number of anilines is 1. The number of hydrogen-bond donors (Lipinski definition) is 1. The molecule has 0 aliphatic heterocycles. The monoisotopic (exact) mass is 432 g/mol. The van der Waals surface area contributed by atoms with Crippen LogP contribution >= 0.6 is 11.3 Å². The van der Waals surface area contributed by atoms with Gasteiger partial charge in [0.15, 0.2) is 17.2 Å². The van der Waals surface area contributed by atoms with Gasteiger partial charge >= 0.3 is 0 Å². The summed E-state index contributed by atoms with van der Waals surface area (Å²) >= 11 is 1.36. The fraction of sp³-hybridized carbons (Fsp3) is 0.0833. The van der Waals surface area contributed by atoms with Gasteiger partial charge in [0.05, 0.1) is 25.5 Å². The van der Waals surface area contributed by atoms with Crippen LogP contribution in [0.15, 0.2) is 78.2 Å². The van der Waals surface area contributed by atoms with Gasteiger partial charge in [-0.25, -0.2) is 4.98 Å². The van der Waals surface area contributed by atoms with Crippen molar-refractivity contribution in [3.63, 3.8) is 0 Å². The lowest BCUT2D eigenvalue weighted by molar-refractivity contribution is 0.102. The van der Waals surface area contributed by atoms with Gasteiger partial charge in [0.25, 0.3) is 5.91 Å². The third-order valence-electron chi connectivity index (χ3n) is 4.48. The number of para-hydroxylation sites is 4. The number of thiazole rings is 1. The maximum atomic E-state index is 12.9. The number of methoxy groups -OCH3 is 2. The minimum atomic E-state index is -0.325. The summed E-state index contributed by atoms with van der Waals surface area (Å²) in [6.45, 7) is 0. The molecule has 0 spiro atoms. The molecule has 0 saturated carbocycles. The number of benzene rings is 3. The zero-order valence-electron chi connectivity index (χ0n) is 17.0. The molecule has 0 aliphatic carbocycles. The van der Waals surface area contributed by atoms with E-state index in [0.29, 0.717) is 39.4 Å². The maximum absolute atomic E-state index is 12.9. The zero-order chi connectivity index (χ0) is 21.6. The van der Waals surface area contributed by atoms with Crippen molar-refractivity contribution >= 4 is 22.9 Å². The van der Waals surface area contributed by atoms with E-state index in [1.807, 2.05) is 60.7 Å². The Morgan fingerprint density at radius 2 is 1.61 bits per heavy atom. The van der Waals surface area contributed by atoms with Gasteiger partial charge in [-0.2, -0.15) is 0 Å². The van der Waals surface area contributed by atoms with Gasteiger partial charge in [-0.3, -0.25) is 4.79 Å². The van der Waals surface area contributed by atoms with E-state index in [9.17, 15) is 4.79 Å². The molecule has 31 heavy (non-hydrogen) atoms. The quantitative estimate of drug-likeness (QED) is 0.395. The van der Waals surface area contributed by atoms with Crippen LogP contribution in [0.3, 0.4) is 0 Å². The summed E-state index contributed by atoms with van der Waals surface area (Å²) in [4.78, 5) is 17.4. The average molecular weight is 433 g/mol. The number of rotatable bonds is 7. The Balaban J connectivity index is 1.56. The summed E-state index contributed by atoms with van der Waals surface area (Å²) < 4.78 is 16.8. The Bertz CT molecular complexity index is 1190. The molecule has 0 atom stereocenters. The highest BCUT2D eigenvalue weighted by atomic mass is 32.1. The predicted octanol–water partition coefficient (Wildman–Crippen LogP) is 5.87. The molecule has 156 valence electrons. The van der Waals surface area contributed by atoms with Crippen molar-refractivity contribution < 1.29 is 19.0 Å². The summed E-state index contributed by atoms with van der Waals surface area (Å²) in [6, 6.07) is 22.2. The van der Waals surface area contributed by atoms with Crippen LogP contribution in [0.5, 0.6) is 23.0 Å². The van der Waals surface area contributed by atoms with Gasteiger partial charge in [-0.1, -0.05) is 36.4 Å². The fourth-order valence-electron chi connectivity index (χ4n) is 3.02. The van der Waals surface area contributed by atoms with E-state index < -0.39 is 0 Å². The molecule has 6 nitrogen and oxygen atoms in total. The molecule has 0 unspecified atom stereocenters. The van der Waals surface area contributed by atoms with Crippen LogP contribution in [0.2, 0.25) is 0 Å². The standard InChI is InChI=1S/C24H20N2O4S/c1-28-21-14-8-11-17(22(21)29-2)24-26-19(15-31-24)23(27)25-18-12-6-7-13-20(18)30-16-9-4-3-5-10-16/h3-15H,1-2H3,(H,25,27). The highest BCUT2D eigenvalue weighted by molar-refractivity contribution is 7.13. The number of carbonyl (C=O) groups excluding carboxylic acids is 1. The van der Waals surface area contributed by atoms with E-state index in [1.165, 1.54) is 11.3 Å². The van der Waals surface area contributed by atoms with E-state index in [2.05, 4.69) is 10.3 Å². The first-order valence-corrected chi connectivity index (χ1v) is 10.4. The zero-order valence-corrected chi connectivity index (χ0v) is 17.8. The summed E-state index contributed by atoms with van der Waals surface area (Å²) in [6.07, 6.45) is 0. The fourth-order valence-corrected chi connectivity index (χ4v) is 3.84. The van der Waals surface area contributed by atoms with E-state index in [1.54, 1.807) is 31.7 Å². The van der Waals surface area contributed by atoms with Crippen molar-refractivity contribution in [1.29, 1.82) is 0 Å². The van der Waals surface area contributed by atoms with Gasteiger partial charge in [-0.15, -0.1) is 11.3 Å². The molecule has 4 rings (SSSR count). The van der Waals surface area contributed by atoms with Crippen LogP contribution in [0, 0.1) is 0 Å². The first kappa shape index (κ1) is 20.4. The number of ether oxygens (including phenoxy) is 3. The highest BCUT2D eigenvalue weighted by Gasteiger charge is 2.18. The van der Waals surface area contributed by atoms with Crippen LogP contribution in [0.25, 0.3) is 10.6 Å². The number of nitrogens with zero attached hydrogens (tertiary/aromatic N) is 1. The van der Waals surface area contributed by atoms with E-state index in [-0.39, 0.29) is 5.91 Å². The Labute approximate surface area is 184 Å². The SMILES string of the molecule is COc1cccc(-c2nc(C(=O)Nc3ccccc3Oc3ccccc3)cs2)c1OC. The topological polar surface area (TPSA) is 69.7 Å². The largest absolute Gasteiger partial charge is 0.493 e. The maximum Gasteiger partial charge on any atom is 0.275 e. The first-order valence-electron chi connectivity index (χ1n) is 9.49. The van der Waals surface area contributed by atoms with Crippen LogP contribution in [-0.2, 0) is 0 Å². The van der Waals surface area contributed by atoms with Crippen molar-refractivity contribution in [3.8, 4) is 33.6 Å². The second-order valence-electron chi connectivity index (χ2n) is 6.44. The lowest BCUT2D eigenvalue weighted by Gasteiger charge is -2.11. The van der Waals surface area contributed by atoms with Crippen molar-refractivity contribution in [2.75, 3.05) is 19.5 Å². The lowest BCUT2D eigenvalue weighted by Crippen LogP contribution is -2.13. The predicted molar refractivity (Wildman–Crippen MR) is 122 cm³/mol. The summed E-state index contributed by atoms with van der Waals surface area (Å²) in [5, 5.41) is 5.26. The van der Waals surface area contributed by atoms with Crippen molar-refractivity contribution in [1.82, 2.24) is 4.98 Å². The number of hydrogen-bond acceptors (Lipinski definition) is 6. The first-order chi connectivity index (χ1) is 15.2. The van der Waals surface area contributed by atoms with Gasteiger partial charge in [-0.05, 0) is 36.4 Å². The van der Waals surface area contributed by atoms with Gasteiger partial charge < -0.3 is 19.5 Å². The van der Waals surface area contributed by atoms with Crippen molar-refractivity contribution in [3.05, 3.63) is 83.9 Å². The van der Waals surface area contributed by atoms with Gasteiger partial charge in [0, 0.05) is 5.38 Å². The molecule has 0 aliphatic rings. The summed E-state index contributed by atoms with van der Waals surface area (Å²) in [5.74, 6) is 2.09. The van der Waals surface area contributed by atoms with Crippen LogP contribution in [-0.4, -0.2) is 25.1 Å². The Morgan fingerprint density at radius 3 is 2.39 bits per heavy atom. The lowest BCUT2D eigenvalue weighted by atomic mass is 10.2. The van der Waals surface area contributed by atoms with Gasteiger partial charge in [0.1, 0.15) is 16.5 Å². The smallest absolute Gasteiger partial charge is 0.275 e. The van der Waals surface area contributed by atoms with Gasteiger partial charge in [0.2, 0.25) is 0 Å². The summed E-state index contributed by atoms with van der Waals surface area (Å²) in [5.41, 5.74) is 1.63. The molecule has 0 fully saturated rings. The number of carbonyl (C=O) groups is 1. The minimum absolute atomic E-state index is 0.305. The normalized spacial score (nSPS) is 10.4. The van der Waals surface area contributed by atoms with E-state index >= 15 is 0 Å². The molecule has 0 radical (unpaired) electrons. The molecular weight excluding hydrogens is 412 g/mol. The molecule has 1 amide bonds. The average Bonchev–Trinajstić information content (AvgIpc) is 3.31. The Kier molecular flexibility index (Phi) is 6.14. The van der Waals surface area contributed by atoms with Crippen molar-refractivity contribution in [2.24, 2.45) is 0 Å². The molecule has 3 aromatic carbocycles. The Morgan fingerprint density at radius 1 is 0.871 bits per heavy atom. The molecular formula is C24H20N2O4S.